The zero-order valence-electron chi connectivity index (χ0n) is 19.3. The van der Waals surface area contributed by atoms with E-state index in [1.165, 1.54) is 0 Å². The second-order valence-electron chi connectivity index (χ2n) is 8.97. The highest BCUT2D eigenvalue weighted by Crippen LogP contribution is 2.44. The fraction of sp³-hybridized carbons (Fsp3) is 0.360. The van der Waals surface area contributed by atoms with Crippen LogP contribution in [0.3, 0.4) is 0 Å². The molecule has 0 aliphatic carbocycles. The lowest BCUT2D eigenvalue weighted by atomic mass is 9.84. The minimum atomic E-state index is -3.64. The van der Waals surface area contributed by atoms with Crippen LogP contribution in [0.25, 0.3) is 0 Å². The van der Waals surface area contributed by atoms with Crippen molar-refractivity contribution in [3.05, 3.63) is 60.3 Å². The van der Waals surface area contributed by atoms with E-state index in [-0.39, 0.29) is 10.8 Å². The lowest BCUT2D eigenvalue weighted by Crippen LogP contribution is -2.27. The molecule has 1 saturated heterocycles. The number of benzene rings is 2. The number of hydrogen-bond acceptors (Lipinski definition) is 6. The minimum absolute atomic E-state index is 0.146. The normalized spacial score (nSPS) is 18.1. The molecule has 34 heavy (non-hydrogen) atoms. The average molecular weight is 481 g/mol. The third kappa shape index (κ3) is 4.10. The molecule has 0 saturated carbocycles. The van der Waals surface area contributed by atoms with Gasteiger partial charge in [0.1, 0.15) is 0 Å². The number of sulfone groups is 1. The Bertz CT molecular complexity index is 1330. The molecule has 0 bridgehead atoms. The second-order valence-corrected chi connectivity index (χ2v) is 10.9. The molecule has 5 rings (SSSR count). The zero-order valence-corrected chi connectivity index (χ0v) is 20.1. The average Bonchev–Trinajstić information content (AvgIpc) is 3.26. The van der Waals surface area contributed by atoms with Gasteiger partial charge in [0.25, 0.3) is 0 Å². The van der Waals surface area contributed by atoms with Gasteiger partial charge in [-0.15, -0.1) is 0 Å². The van der Waals surface area contributed by atoms with Crippen molar-refractivity contribution in [3.63, 3.8) is 0 Å². The number of amides is 1. The number of para-hydroxylation sites is 1. The van der Waals surface area contributed by atoms with Crippen molar-refractivity contribution >= 4 is 32.9 Å². The van der Waals surface area contributed by atoms with Gasteiger partial charge in [-0.05, 0) is 55.0 Å². The third-order valence-corrected chi connectivity index (χ3v) is 8.59. The fourth-order valence-electron chi connectivity index (χ4n) is 4.86. The Labute approximate surface area is 199 Å². The fourth-order valence-corrected chi connectivity index (χ4v) is 6.55. The molecule has 178 valence electrons. The Morgan fingerprint density at radius 2 is 1.82 bits per heavy atom. The van der Waals surface area contributed by atoms with Gasteiger partial charge in [-0.3, -0.25) is 9.48 Å². The van der Waals surface area contributed by atoms with Crippen LogP contribution in [-0.2, 0) is 26.4 Å². The zero-order chi connectivity index (χ0) is 23.9. The van der Waals surface area contributed by atoms with Crippen LogP contribution < -0.4 is 10.2 Å². The van der Waals surface area contributed by atoms with E-state index in [0.29, 0.717) is 47.6 Å². The van der Waals surface area contributed by atoms with Gasteiger partial charge in [0.05, 0.1) is 27.1 Å². The lowest BCUT2D eigenvalue weighted by Gasteiger charge is -2.31. The van der Waals surface area contributed by atoms with Crippen molar-refractivity contribution in [2.45, 2.75) is 35.0 Å². The summed E-state index contributed by atoms with van der Waals surface area (Å²) in [5, 5.41) is 7.22. The molecule has 1 aromatic heterocycles. The Hall–Kier alpha value is -3.17. The first-order chi connectivity index (χ1) is 16.3. The van der Waals surface area contributed by atoms with E-state index in [1.54, 1.807) is 54.3 Å². The Balaban J connectivity index is 1.53. The number of nitrogens with zero attached hydrogens (tertiary/aromatic N) is 3. The van der Waals surface area contributed by atoms with Crippen LogP contribution in [0, 0.1) is 5.92 Å². The predicted molar refractivity (Wildman–Crippen MR) is 129 cm³/mol. The molecule has 1 amide bonds. The molecule has 8 nitrogen and oxygen atoms in total. The van der Waals surface area contributed by atoms with Gasteiger partial charge in [-0.1, -0.05) is 18.2 Å². The van der Waals surface area contributed by atoms with E-state index in [1.807, 2.05) is 24.1 Å². The molecular formula is C25H28N4O4S. The standard InChI is InChI=1S/C25H28N4O4S/c1-28-12-9-24(27-28)26-25(30)19(15-17-10-13-33-14-11-17)18-7-8-23-21(16-18)29(2)20-5-3-4-6-22(20)34(23,31)32/h3-9,12,16-17,19H,10-11,13-15H2,1-2H3,(H,26,27,30). The van der Waals surface area contributed by atoms with E-state index in [4.69, 9.17) is 4.74 Å². The highest BCUT2D eigenvalue weighted by atomic mass is 32.2. The molecule has 1 N–H and O–H groups in total. The quantitative estimate of drug-likeness (QED) is 0.596. The summed E-state index contributed by atoms with van der Waals surface area (Å²) in [6, 6.07) is 14.0. The molecule has 1 unspecified atom stereocenters. The Morgan fingerprint density at radius 1 is 1.09 bits per heavy atom. The van der Waals surface area contributed by atoms with Crippen molar-refractivity contribution in [3.8, 4) is 0 Å². The minimum Gasteiger partial charge on any atom is -0.381 e. The van der Waals surface area contributed by atoms with Gasteiger partial charge in [-0.25, -0.2) is 8.42 Å². The smallest absolute Gasteiger partial charge is 0.233 e. The van der Waals surface area contributed by atoms with E-state index in [0.717, 1.165) is 18.4 Å². The number of anilines is 3. The second kappa shape index (κ2) is 8.88. The van der Waals surface area contributed by atoms with E-state index in [9.17, 15) is 13.2 Å². The molecule has 0 spiro atoms. The molecule has 1 atom stereocenters. The first kappa shape index (κ1) is 22.6. The first-order valence-electron chi connectivity index (χ1n) is 11.4. The maximum absolute atomic E-state index is 13.4. The molecular weight excluding hydrogens is 452 g/mol. The van der Waals surface area contributed by atoms with Crippen molar-refractivity contribution in [2.75, 3.05) is 30.5 Å². The molecule has 0 radical (unpaired) electrons. The van der Waals surface area contributed by atoms with Crippen LogP contribution in [0.2, 0.25) is 0 Å². The summed E-state index contributed by atoms with van der Waals surface area (Å²) in [4.78, 5) is 15.9. The van der Waals surface area contributed by atoms with Gasteiger partial charge >= 0.3 is 0 Å². The number of rotatable bonds is 5. The van der Waals surface area contributed by atoms with Crippen molar-refractivity contribution in [1.29, 1.82) is 0 Å². The monoisotopic (exact) mass is 480 g/mol. The molecule has 3 aromatic rings. The number of aryl methyl sites for hydroxylation is 1. The summed E-state index contributed by atoms with van der Waals surface area (Å²) in [6.45, 7) is 1.39. The van der Waals surface area contributed by atoms with Gasteiger partial charge in [0.15, 0.2) is 5.82 Å². The van der Waals surface area contributed by atoms with Crippen LogP contribution in [0.4, 0.5) is 17.2 Å². The summed E-state index contributed by atoms with van der Waals surface area (Å²) in [7, 11) is 0.0156. The van der Waals surface area contributed by atoms with Crippen LogP contribution in [-0.4, -0.2) is 44.4 Å². The first-order valence-corrected chi connectivity index (χ1v) is 12.9. The number of fused-ring (bicyclic) bond motifs is 2. The van der Waals surface area contributed by atoms with Crippen molar-refractivity contribution < 1.29 is 17.9 Å². The molecule has 2 aromatic carbocycles. The SMILES string of the molecule is CN1c2ccccc2S(=O)(=O)c2ccc(C(CC3CCOCC3)C(=O)Nc3ccn(C)n3)cc21. The number of ether oxygens (including phenoxy) is 1. The summed E-state index contributed by atoms with van der Waals surface area (Å²) >= 11 is 0. The van der Waals surface area contributed by atoms with Crippen LogP contribution in [0.15, 0.2) is 64.5 Å². The maximum atomic E-state index is 13.4. The van der Waals surface area contributed by atoms with Gasteiger partial charge < -0.3 is 15.0 Å². The summed E-state index contributed by atoms with van der Waals surface area (Å²) in [5.74, 6) is 0.262. The molecule has 2 aliphatic rings. The Kier molecular flexibility index (Phi) is 5.91. The van der Waals surface area contributed by atoms with Crippen LogP contribution >= 0.6 is 0 Å². The summed E-state index contributed by atoms with van der Waals surface area (Å²) in [6.07, 6.45) is 4.24. The number of carbonyl (C=O) groups is 1. The topological polar surface area (TPSA) is 93.5 Å². The third-order valence-electron chi connectivity index (χ3n) is 6.74. The van der Waals surface area contributed by atoms with Crippen LogP contribution in [0.5, 0.6) is 0 Å². The largest absolute Gasteiger partial charge is 0.381 e. The van der Waals surface area contributed by atoms with Crippen LogP contribution in [0.1, 0.15) is 30.7 Å². The molecule has 3 heterocycles. The lowest BCUT2D eigenvalue weighted by molar-refractivity contribution is -0.118. The van der Waals surface area contributed by atoms with E-state index >= 15 is 0 Å². The maximum Gasteiger partial charge on any atom is 0.233 e. The Morgan fingerprint density at radius 3 is 2.56 bits per heavy atom. The van der Waals surface area contributed by atoms with E-state index in [2.05, 4.69) is 10.4 Å². The number of carbonyl (C=O) groups excluding carboxylic acids is 1. The van der Waals surface area contributed by atoms with Crippen molar-refractivity contribution in [1.82, 2.24) is 9.78 Å². The van der Waals surface area contributed by atoms with Gasteiger partial charge in [-0.2, -0.15) is 5.10 Å². The van der Waals surface area contributed by atoms with E-state index < -0.39 is 15.8 Å². The molecule has 9 heteroatoms. The van der Waals surface area contributed by atoms with Crippen molar-refractivity contribution in [2.24, 2.45) is 13.0 Å². The van der Waals surface area contributed by atoms with Gasteiger partial charge in [0.2, 0.25) is 15.7 Å². The predicted octanol–water partition coefficient (Wildman–Crippen LogP) is 3.87. The summed E-state index contributed by atoms with van der Waals surface area (Å²) < 4.78 is 33.7. The molecule has 2 aliphatic heterocycles. The van der Waals surface area contributed by atoms with Gasteiger partial charge in [0, 0.05) is 39.6 Å². The number of hydrogen-bond donors (Lipinski definition) is 1. The highest BCUT2D eigenvalue weighted by Gasteiger charge is 2.34. The number of nitrogens with one attached hydrogen (secondary N) is 1. The molecule has 1 fully saturated rings. The highest BCUT2D eigenvalue weighted by molar-refractivity contribution is 7.92. The number of aromatic nitrogens is 2. The summed E-state index contributed by atoms with van der Waals surface area (Å²) in [5.41, 5.74) is 2.00.